The molecule has 0 bridgehead atoms. The van der Waals surface area contributed by atoms with Crippen molar-refractivity contribution >= 4 is 5.78 Å². The Morgan fingerprint density at radius 1 is 1.24 bits per heavy atom. The maximum absolute atomic E-state index is 11.9. The molecule has 1 aliphatic heterocycles. The Morgan fingerprint density at radius 2 is 2.12 bits per heavy atom. The topological polar surface area (TPSA) is 26.3 Å². The Morgan fingerprint density at radius 3 is 2.88 bits per heavy atom. The van der Waals surface area contributed by atoms with Crippen LogP contribution >= 0.6 is 0 Å². The van der Waals surface area contributed by atoms with E-state index in [1.807, 2.05) is 6.08 Å². The van der Waals surface area contributed by atoms with Crippen LogP contribution in [-0.4, -0.2) is 18.0 Å². The zero-order valence-electron chi connectivity index (χ0n) is 15.8. The smallest absolute Gasteiger partial charge is 0.155 e. The third kappa shape index (κ3) is 2.04. The third-order valence-electron chi connectivity index (χ3n) is 8.97. The van der Waals surface area contributed by atoms with Crippen LogP contribution in [0.5, 0.6) is 0 Å². The fourth-order valence-corrected chi connectivity index (χ4v) is 8.13. The molecule has 25 heavy (non-hydrogen) atoms. The number of fused-ring (bicyclic) bond motifs is 6. The molecular formula is C23H32O2. The molecule has 0 aromatic carbocycles. The lowest BCUT2D eigenvalue weighted by Crippen LogP contribution is -2.55. The Hall–Kier alpha value is -0.890. The van der Waals surface area contributed by atoms with Gasteiger partial charge in [0.15, 0.2) is 5.78 Å². The quantitative estimate of drug-likeness (QED) is 0.622. The molecule has 1 spiro atoms. The highest BCUT2D eigenvalue weighted by Crippen LogP contribution is 2.68. The summed E-state index contributed by atoms with van der Waals surface area (Å²) in [6.07, 6.45) is 16.3. The molecule has 0 amide bonds. The second-order valence-corrected chi connectivity index (χ2v) is 9.55. The summed E-state index contributed by atoms with van der Waals surface area (Å²) < 4.78 is 6.43. The van der Waals surface area contributed by atoms with Crippen LogP contribution in [0, 0.1) is 35.0 Å². The van der Waals surface area contributed by atoms with Gasteiger partial charge in [-0.25, -0.2) is 0 Å². The van der Waals surface area contributed by atoms with Crippen LogP contribution in [0.25, 0.3) is 0 Å². The zero-order valence-corrected chi connectivity index (χ0v) is 15.8. The molecule has 5 rings (SSSR count). The Labute approximate surface area is 152 Å². The molecule has 0 saturated heterocycles. The maximum atomic E-state index is 11.9. The van der Waals surface area contributed by atoms with Crippen molar-refractivity contribution in [3.63, 3.8) is 0 Å². The van der Waals surface area contributed by atoms with E-state index < -0.39 is 0 Å². The molecule has 0 aromatic rings. The van der Waals surface area contributed by atoms with Gasteiger partial charge in [0.1, 0.15) is 0 Å². The van der Waals surface area contributed by atoms with Gasteiger partial charge in [-0.05, 0) is 80.6 Å². The Bertz CT molecular complexity index is 646. The molecule has 5 aliphatic rings. The maximum Gasteiger partial charge on any atom is 0.155 e. The molecule has 2 heteroatoms. The zero-order chi connectivity index (χ0) is 17.2. The van der Waals surface area contributed by atoms with Crippen LogP contribution in [0.4, 0.5) is 0 Å². The summed E-state index contributed by atoms with van der Waals surface area (Å²) in [6, 6.07) is 0. The Kier molecular flexibility index (Phi) is 3.62. The van der Waals surface area contributed by atoms with Gasteiger partial charge in [0.25, 0.3) is 0 Å². The van der Waals surface area contributed by atoms with Gasteiger partial charge in [-0.2, -0.15) is 0 Å². The van der Waals surface area contributed by atoms with E-state index in [4.69, 9.17) is 4.74 Å². The summed E-state index contributed by atoms with van der Waals surface area (Å²) >= 11 is 0. The van der Waals surface area contributed by atoms with Crippen molar-refractivity contribution in [2.75, 3.05) is 6.61 Å². The van der Waals surface area contributed by atoms with Gasteiger partial charge < -0.3 is 4.74 Å². The van der Waals surface area contributed by atoms with E-state index in [9.17, 15) is 4.79 Å². The monoisotopic (exact) mass is 340 g/mol. The molecule has 3 unspecified atom stereocenters. The van der Waals surface area contributed by atoms with Crippen molar-refractivity contribution in [2.24, 2.45) is 35.0 Å². The molecule has 7 atom stereocenters. The minimum absolute atomic E-state index is 0.0375. The number of carbonyl (C=O) groups excluding carboxylic acids is 1. The van der Waals surface area contributed by atoms with Crippen molar-refractivity contribution in [3.8, 4) is 0 Å². The van der Waals surface area contributed by atoms with Gasteiger partial charge in [-0.3, -0.25) is 4.79 Å². The van der Waals surface area contributed by atoms with E-state index in [1.165, 1.54) is 37.7 Å². The lowest BCUT2D eigenvalue weighted by molar-refractivity contribution is -0.132. The third-order valence-corrected chi connectivity index (χ3v) is 8.97. The van der Waals surface area contributed by atoms with Crippen molar-refractivity contribution in [1.82, 2.24) is 0 Å². The average Bonchev–Trinajstić information content (AvgIpc) is 3.21. The molecule has 0 aromatic heterocycles. The van der Waals surface area contributed by atoms with Gasteiger partial charge in [-0.15, -0.1) is 0 Å². The van der Waals surface area contributed by atoms with E-state index in [2.05, 4.69) is 26.0 Å². The molecular weight excluding hydrogens is 308 g/mol. The fourth-order valence-electron chi connectivity index (χ4n) is 8.13. The van der Waals surface area contributed by atoms with E-state index in [0.29, 0.717) is 17.1 Å². The minimum Gasteiger partial charge on any atom is -0.366 e. The van der Waals surface area contributed by atoms with Crippen LogP contribution in [-0.2, 0) is 9.53 Å². The normalized spacial score (nSPS) is 51.2. The lowest BCUT2D eigenvalue weighted by Gasteiger charge is -2.58. The number of carbonyl (C=O) groups is 1. The number of hydrogen-bond acceptors (Lipinski definition) is 2. The predicted molar refractivity (Wildman–Crippen MR) is 99.1 cm³/mol. The largest absolute Gasteiger partial charge is 0.366 e. The summed E-state index contributed by atoms with van der Waals surface area (Å²) in [5.41, 5.74) is 1.90. The summed E-state index contributed by atoms with van der Waals surface area (Å²) in [6.45, 7) is 5.69. The number of rotatable bonds is 1. The van der Waals surface area contributed by atoms with Gasteiger partial charge >= 0.3 is 0 Å². The second-order valence-electron chi connectivity index (χ2n) is 9.55. The van der Waals surface area contributed by atoms with Crippen LogP contribution in [0.15, 0.2) is 23.8 Å². The summed E-state index contributed by atoms with van der Waals surface area (Å²) in [7, 11) is 0. The van der Waals surface area contributed by atoms with Gasteiger partial charge in [0.2, 0.25) is 0 Å². The first kappa shape index (κ1) is 16.3. The molecule has 0 N–H and O–H groups in total. The van der Waals surface area contributed by atoms with Crippen LogP contribution < -0.4 is 0 Å². The summed E-state index contributed by atoms with van der Waals surface area (Å²) in [5, 5.41) is 0. The highest BCUT2D eigenvalue weighted by Gasteiger charge is 2.65. The summed E-state index contributed by atoms with van der Waals surface area (Å²) in [4.78, 5) is 11.9. The first-order valence-electron chi connectivity index (χ1n) is 10.7. The first-order valence-corrected chi connectivity index (χ1v) is 10.7. The van der Waals surface area contributed by atoms with E-state index >= 15 is 0 Å². The highest BCUT2D eigenvalue weighted by molar-refractivity contribution is 5.91. The molecule has 3 saturated carbocycles. The molecule has 3 fully saturated rings. The fraction of sp³-hybridized carbons (Fsp3) is 0.783. The molecule has 1 heterocycles. The molecule has 4 aliphatic carbocycles. The predicted octanol–water partition coefficient (Wildman–Crippen LogP) is 5.09. The first-order chi connectivity index (χ1) is 12.1. The summed E-state index contributed by atoms with van der Waals surface area (Å²) in [5.74, 6) is 4.25. The highest BCUT2D eigenvalue weighted by atomic mass is 16.5. The number of allylic oxidation sites excluding steroid dienone is 1. The standard InChI is InChI=1S/C23H32O2/c1-3-22-10-7-19-18-6-5-17(24)14-16(18)13-15(2)21(19)20(22)8-11-23(22)9-4-12-25-23/h4,9,14-15,18-21H,3,5-8,10-13H2,1-2H3/t15-,18+,19?,20?,21?,22+,23+/m1/s1. The second kappa shape index (κ2) is 5.55. The molecule has 136 valence electrons. The van der Waals surface area contributed by atoms with Crippen LogP contribution in [0.3, 0.4) is 0 Å². The molecule has 0 radical (unpaired) electrons. The minimum atomic E-state index is 0.0375. The van der Waals surface area contributed by atoms with Gasteiger partial charge in [0.05, 0.1) is 12.2 Å². The number of ether oxygens (including phenoxy) is 1. The van der Waals surface area contributed by atoms with Crippen LogP contribution in [0.1, 0.15) is 65.2 Å². The van der Waals surface area contributed by atoms with Crippen molar-refractivity contribution in [1.29, 1.82) is 0 Å². The Balaban J connectivity index is 1.53. The van der Waals surface area contributed by atoms with Gasteiger partial charge in [0, 0.05) is 11.8 Å². The number of hydrogen-bond donors (Lipinski definition) is 0. The van der Waals surface area contributed by atoms with Crippen LogP contribution in [0.2, 0.25) is 0 Å². The molecule has 2 nitrogen and oxygen atoms in total. The van der Waals surface area contributed by atoms with Gasteiger partial charge in [-0.1, -0.05) is 31.6 Å². The SMILES string of the molecule is CC[C@]12CCC3C(C1CC[C@@]21C=CCO1)[C@H](C)CC1=CC(=O)CC[C@@H]13. The lowest BCUT2D eigenvalue weighted by atomic mass is 9.47. The number of ketones is 1. The van der Waals surface area contributed by atoms with E-state index in [1.54, 1.807) is 0 Å². The van der Waals surface area contributed by atoms with Crippen molar-refractivity contribution in [3.05, 3.63) is 23.8 Å². The van der Waals surface area contributed by atoms with E-state index in [-0.39, 0.29) is 5.60 Å². The van der Waals surface area contributed by atoms with E-state index in [0.717, 1.165) is 49.5 Å². The average molecular weight is 341 g/mol. The van der Waals surface area contributed by atoms with Crippen molar-refractivity contribution < 1.29 is 9.53 Å². The van der Waals surface area contributed by atoms with Crippen molar-refractivity contribution in [2.45, 2.75) is 70.8 Å².